The fourth-order valence-corrected chi connectivity index (χ4v) is 3.64. The fraction of sp³-hybridized carbons (Fsp3) is 0.263. The molecule has 0 saturated heterocycles. The van der Waals surface area contributed by atoms with Gasteiger partial charge in [0.25, 0.3) is 0 Å². The van der Waals surface area contributed by atoms with Crippen molar-refractivity contribution in [3.63, 3.8) is 0 Å². The van der Waals surface area contributed by atoms with Crippen LogP contribution >= 0.6 is 11.3 Å². The molecule has 0 spiro atoms. The molecule has 3 aromatic rings. The third-order valence-corrected chi connectivity index (χ3v) is 5.05. The number of rotatable bonds is 7. The van der Waals surface area contributed by atoms with Crippen molar-refractivity contribution in [2.75, 3.05) is 5.43 Å². The topological polar surface area (TPSA) is 54.0 Å². The minimum atomic E-state index is -4.48. The van der Waals surface area contributed by atoms with Crippen LogP contribution in [-0.2, 0) is 17.4 Å². The molecule has 3 rings (SSSR count). The number of para-hydroxylation sites is 2. The minimum absolute atomic E-state index is 0.173. The smallest absolute Gasteiger partial charge is 0.298 e. The van der Waals surface area contributed by atoms with Crippen molar-refractivity contribution in [3.05, 3.63) is 59.1 Å². The number of benzene rings is 2. The Balaban J connectivity index is 1.43. The molecule has 4 nitrogen and oxygen atoms in total. The van der Waals surface area contributed by atoms with Crippen LogP contribution in [0.1, 0.15) is 29.8 Å². The van der Waals surface area contributed by atoms with Crippen LogP contribution in [0.25, 0.3) is 10.2 Å². The molecule has 2 N–H and O–H groups in total. The first-order chi connectivity index (χ1) is 12.9. The zero-order valence-corrected chi connectivity index (χ0v) is 15.2. The number of hydrazine groups is 1. The summed E-state index contributed by atoms with van der Waals surface area (Å²) in [5.74, 6) is -0.351. The Hall–Kier alpha value is -2.61. The molecule has 0 aliphatic rings. The van der Waals surface area contributed by atoms with Gasteiger partial charge in [0.15, 0.2) is 0 Å². The van der Waals surface area contributed by atoms with E-state index in [9.17, 15) is 18.0 Å². The van der Waals surface area contributed by atoms with E-state index in [1.165, 1.54) is 18.2 Å². The molecule has 8 heteroatoms. The van der Waals surface area contributed by atoms with Crippen molar-refractivity contribution in [1.82, 2.24) is 10.4 Å². The number of aromatic nitrogens is 1. The Labute approximate surface area is 158 Å². The molecule has 0 aliphatic heterocycles. The number of halogens is 3. The summed E-state index contributed by atoms with van der Waals surface area (Å²) in [4.78, 5) is 16.4. The van der Waals surface area contributed by atoms with E-state index >= 15 is 0 Å². The molecular weight excluding hydrogens is 375 g/mol. The number of alkyl halides is 3. The number of amides is 1. The standard InChI is InChI=1S/C19H18F3N3OS/c20-19(21,22)13-7-1-2-8-14(13)24-25-17(26)11-5-6-12-18-23-15-9-3-4-10-16(15)27-18/h1-4,7-10,24H,5-6,11-12H2,(H,25,26). The second-order valence-electron chi connectivity index (χ2n) is 6.00. The summed E-state index contributed by atoms with van der Waals surface area (Å²) in [6, 6.07) is 12.9. The lowest BCUT2D eigenvalue weighted by Crippen LogP contribution is -2.30. The average molecular weight is 393 g/mol. The molecule has 2 aromatic carbocycles. The third-order valence-electron chi connectivity index (χ3n) is 3.95. The van der Waals surface area contributed by atoms with Gasteiger partial charge in [0.2, 0.25) is 5.91 Å². The number of thiazole rings is 1. The van der Waals surface area contributed by atoms with Gasteiger partial charge in [0.1, 0.15) is 0 Å². The zero-order chi connectivity index (χ0) is 19.3. The summed E-state index contributed by atoms with van der Waals surface area (Å²) in [7, 11) is 0. The largest absolute Gasteiger partial charge is 0.418 e. The van der Waals surface area contributed by atoms with Gasteiger partial charge in [-0.15, -0.1) is 11.3 Å². The van der Waals surface area contributed by atoms with Crippen LogP contribution in [0.2, 0.25) is 0 Å². The highest BCUT2D eigenvalue weighted by molar-refractivity contribution is 7.18. The van der Waals surface area contributed by atoms with E-state index in [1.54, 1.807) is 11.3 Å². The highest BCUT2D eigenvalue weighted by Crippen LogP contribution is 2.34. The molecule has 0 radical (unpaired) electrons. The number of unbranched alkanes of at least 4 members (excludes halogenated alkanes) is 1. The minimum Gasteiger partial charge on any atom is -0.298 e. The van der Waals surface area contributed by atoms with Crippen molar-refractivity contribution >= 4 is 33.1 Å². The number of fused-ring (bicyclic) bond motifs is 1. The van der Waals surface area contributed by atoms with Gasteiger partial charge in [-0.25, -0.2) is 4.98 Å². The first-order valence-electron chi connectivity index (χ1n) is 8.49. The van der Waals surface area contributed by atoms with Crippen LogP contribution in [0.3, 0.4) is 0 Å². The summed E-state index contributed by atoms with van der Waals surface area (Å²) in [6.45, 7) is 0. The van der Waals surface area contributed by atoms with E-state index in [4.69, 9.17) is 0 Å². The second kappa shape index (κ2) is 8.39. The van der Waals surface area contributed by atoms with Crippen LogP contribution in [0.4, 0.5) is 18.9 Å². The molecule has 1 amide bonds. The number of carbonyl (C=O) groups excluding carboxylic acids is 1. The Morgan fingerprint density at radius 2 is 1.78 bits per heavy atom. The quantitative estimate of drug-likeness (QED) is 0.430. The predicted molar refractivity (Wildman–Crippen MR) is 100 cm³/mol. The number of hydrogen-bond acceptors (Lipinski definition) is 4. The summed E-state index contributed by atoms with van der Waals surface area (Å²) in [5, 5.41) is 1.02. The monoisotopic (exact) mass is 393 g/mol. The van der Waals surface area contributed by atoms with E-state index in [1.807, 2.05) is 24.3 Å². The molecule has 0 atom stereocenters. The van der Waals surface area contributed by atoms with Gasteiger partial charge in [0.05, 0.1) is 26.5 Å². The maximum absolute atomic E-state index is 12.9. The summed E-state index contributed by atoms with van der Waals surface area (Å²) < 4.78 is 39.8. The molecule has 1 aromatic heterocycles. The van der Waals surface area contributed by atoms with Crippen molar-refractivity contribution in [2.24, 2.45) is 0 Å². The van der Waals surface area contributed by atoms with Crippen molar-refractivity contribution < 1.29 is 18.0 Å². The lowest BCUT2D eigenvalue weighted by Gasteiger charge is -2.14. The Morgan fingerprint density at radius 1 is 1.04 bits per heavy atom. The molecular formula is C19H18F3N3OS. The Bertz CT molecular complexity index is 891. The SMILES string of the molecule is O=C(CCCCc1nc2ccccc2s1)NNc1ccccc1C(F)(F)F. The first kappa shape index (κ1) is 19.2. The number of carbonyl (C=O) groups is 1. The second-order valence-corrected chi connectivity index (χ2v) is 7.11. The molecule has 0 aliphatic carbocycles. The van der Waals surface area contributed by atoms with Crippen LogP contribution in [0.15, 0.2) is 48.5 Å². The Morgan fingerprint density at radius 3 is 2.56 bits per heavy atom. The van der Waals surface area contributed by atoms with E-state index < -0.39 is 11.7 Å². The van der Waals surface area contributed by atoms with E-state index in [0.29, 0.717) is 6.42 Å². The molecule has 0 bridgehead atoms. The van der Waals surface area contributed by atoms with Gasteiger partial charge in [-0.05, 0) is 43.5 Å². The normalized spacial score (nSPS) is 11.5. The van der Waals surface area contributed by atoms with Gasteiger partial charge >= 0.3 is 6.18 Å². The lowest BCUT2D eigenvalue weighted by molar-refractivity contribution is -0.137. The van der Waals surface area contributed by atoms with E-state index in [2.05, 4.69) is 15.8 Å². The summed E-state index contributed by atoms with van der Waals surface area (Å²) in [5.41, 5.74) is 4.68. The predicted octanol–water partition coefficient (Wildman–Crippen LogP) is 5.17. The average Bonchev–Trinajstić information content (AvgIpc) is 3.06. The van der Waals surface area contributed by atoms with E-state index in [0.717, 1.165) is 34.1 Å². The van der Waals surface area contributed by atoms with Crippen molar-refractivity contribution in [1.29, 1.82) is 0 Å². The van der Waals surface area contributed by atoms with Gasteiger partial charge in [-0.3, -0.25) is 15.6 Å². The highest BCUT2D eigenvalue weighted by atomic mass is 32.1. The van der Waals surface area contributed by atoms with Crippen LogP contribution in [0, 0.1) is 0 Å². The van der Waals surface area contributed by atoms with Gasteiger partial charge in [0, 0.05) is 6.42 Å². The lowest BCUT2D eigenvalue weighted by atomic mass is 10.2. The van der Waals surface area contributed by atoms with Gasteiger partial charge in [-0.1, -0.05) is 24.3 Å². The fourth-order valence-electron chi connectivity index (χ4n) is 2.63. The number of nitrogens with zero attached hydrogens (tertiary/aromatic N) is 1. The number of nitrogens with one attached hydrogen (secondary N) is 2. The molecule has 0 fully saturated rings. The van der Waals surface area contributed by atoms with Crippen LogP contribution < -0.4 is 10.9 Å². The number of anilines is 1. The van der Waals surface area contributed by atoms with Gasteiger partial charge in [-0.2, -0.15) is 13.2 Å². The summed E-state index contributed by atoms with van der Waals surface area (Å²) in [6.07, 6.45) is -2.06. The third kappa shape index (κ3) is 5.19. The molecule has 142 valence electrons. The molecule has 0 saturated carbocycles. The first-order valence-corrected chi connectivity index (χ1v) is 9.30. The molecule has 1 heterocycles. The summed E-state index contributed by atoms with van der Waals surface area (Å²) >= 11 is 1.64. The number of hydrogen-bond donors (Lipinski definition) is 2. The van der Waals surface area contributed by atoms with Crippen molar-refractivity contribution in [3.8, 4) is 0 Å². The number of aryl methyl sites for hydroxylation is 1. The van der Waals surface area contributed by atoms with Crippen LogP contribution in [-0.4, -0.2) is 10.9 Å². The van der Waals surface area contributed by atoms with Crippen molar-refractivity contribution in [2.45, 2.75) is 31.9 Å². The highest BCUT2D eigenvalue weighted by Gasteiger charge is 2.33. The van der Waals surface area contributed by atoms with E-state index in [-0.39, 0.29) is 18.0 Å². The molecule has 27 heavy (non-hydrogen) atoms. The zero-order valence-electron chi connectivity index (χ0n) is 14.3. The van der Waals surface area contributed by atoms with Gasteiger partial charge < -0.3 is 0 Å². The Kier molecular flexibility index (Phi) is 5.95. The maximum Gasteiger partial charge on any atom is 0.418 e. The maximum atomic E-state index is 12.9. The molecule has 0 unspecified atom stereocenters. The van der Waals surface area contributed by atoms with Crippen LogP contribution in [0.5, 0.6) is 0 Å².